The van der Waals surface area contributed by atoms with Crippen LogP contribution in [0.15, 0.2) is 31.2 Å². The molecular weight excluding hydrogens is 206 g/mol. The Kier molecular flexibility index (Phi) is 3.02. The van der Waals surface area contributed by atoms with Gasteiger partial charge < -0.3 is 10.2 Å². The van der Waals surface area contributed by atoms with Crippen molar-refractivity contribution >= 4 is 11.5 Å². The van der Waals surface area contributed by atoms with Crippen molar-refractivity contribution in [2.75, 3.05) is 12.0 Å². The first-order valence-electron chi connectivity index (χ1n) is 4.89. The van der Waals surface area contributed by atoms with E-state index < -0.39 is 0 Å². The Balaban J connectivity index is 2.32. The minimum atomic E-state index is 0.460. The summed E-state index contributed by atoms with van der Waals surface area (Å²) in [5.41, 5.74) is 3.15. The number of hydrazine groups is 1. The number of hydrogen-bond acceptors (Lipinski definition) is 5. The van der Waals surface area contributed by atoms with Gasteiger partial charge in [-0.3, -0.25) is 4.40 Å². The van der Waals surface area contributed by atoms with E-state index in [2.05, 4.69) is 22.0 Å². The first-order valence-corrected chi connectivity index (χ1v) is 4.89. The number of anilines is 1. The zero-order chi connectivity index (χ0) is 11.4. The van der Waals surface area contributed by atoms with Crippen molar-refractivity contribution in [1.82, 2.24) is 14.4 Å². The molecule has 6 heteroatoms. The van der Waals surface area contributed by atoms with Crippen LogP contribution in [0, 0.1) is 0 Å². The van der Waals surface area contributed by atoms with Crippen molar-refractivity contribution in [3.05, 3.63) is 31.2 Å². The number of ether oxygens (including phenoxy) is 1. The predicted molar refractivity (Wildman–Crippen MR) is 61.1 cm³/mol. The second kappa shape index (κ2) is 4.63. The van der Waals surface area contributed by atoms with Crippen molar-refractivity contribution in [3.63, 3.8) is 0 Å². The molecule has 16 heavy (non-hydrogen) atoms. The highest BCUT2D eigenvalue weighted by atomic mass is 16.5. The van der Waals surface area contributed by atoms with Crippen LogP contribution in [0.4, 0.5) is 5.82 Å². The number of hydrogen-bond donors (Lipinski definition) is 2. The van der Waals surface area contributed by atoms with Crippen molar-refractivity contribution in [2.24, 2.45) is 5.84 Å². The molecular formula is C10H13N5O. The predicted octanol–water partition coefficient (Wildman–Crippen LogP) is 0.970. The number of nitrogens with two attached hydrogens (primary N) is 1. The summed E-state index contributed by atoms with van der Waals surface area (Å²) in [6.45, 7) is 4.15. The van der Waals surface area contributed by atoms with Crippen LogP contribution in [0.2, 0.25) is 0 Å². The van der Waals surface area contributed by atoms with Crippen molar-refractivity contribution in [2.45, 2.75) is 6.42 Å². The summed E-state index contributed by atoms with van der Waals surface area (Å²) in [5, 5.41) is 0. The number of rotatable bonds is 5. The fourth-order valence-electron chi connectivity index (χ4n) is 1.31. The average Bonchev–Trinajstić information content (AvgIpc) is 2.77. The number of imidazole rings is 1. The highest BCUT2D eigenvalue weighted by molar-refractivity contribution is 5.53. The molecule has 0 spiro atoms. The molecule has 0 saturated carbocycles. The molecule has 0 radical (unpaired) electrons. The van der Waals surface area contributed by atoms with E-state index >= 15 is 0 Å². The average molecular weight is 219 g/mol. The van der Waals surface area contributed by atoms with E-state index in [1.54, 1.807) is 29.1 Å². The molecule has 2 aromatic rings. The van der Waals surface area contributed by atoms with Gasteiger partial charge in [0.05, 0.1) is 12.8 Å². The Morgan fingerprint density at radius 2 is 2.50 bits per heavy atom. The third kappa shape index (κ3) is 1.96. The molecule has 0 aliphatic heterocycles. The molecule has 0 bridgehead atoms. The fraction of sp³-hybridized carbons (Fsp3) is 0.200. The topological polar surface area (TPSA) is 77.5 Å². The summed E-state index contributed by atoms with van der Waals surface area (Å²) in [6.07, 6.45) is 7.77. The van der Waals surface area contributed by atoms with E-state index in [1.165, 1.54) is 0 Å². The first-order chi connectivity index (χ1) is 7.85. The van der Waals surface area contributed by atoms with Gasteiger partial charge in [-0.1, -0.05) is 6.08 Å². The van der Waals surface area contributed by atoms with Gasteiger partial charge in [-0.05, 0) is 6.42 Å². The molecule has 0 aromatic carbocycles. The van der Waals surface area contributed by atoms with E-state index in [4.69, 9.17) is 10.6 Å². The van der Waals surface area contributed by atoms with E-state index in [0.717, 1.165) is 6.42 Å². The zero-order valence-electron chi connectivity index (χ0n) is 8.76. The number of fused-ring (bicyclic) bond motifs is 1. The summed E-state index contributed by atoms with van der Waals surface area (Å²) in [6, 6.07) is 0. The maximum absolute atomic E-state index is 5.50. The minimum Gasteiger partial charge on any atom is -0.475 e. The van der Waals surface area contributed by atoms with Crippen molar-refractivity contribution in [3.8, 4) is 5.88 Å². The second-order valence-corrected chi connectivity index (χ2v) is 3.16. The largest absolute Gasteiger partial charge is 0.475 e. The number of nitrogens with one attached hydrogen (secondary N) is 1. The standard InChI is InChI=1S/C10H13N5O/c1-2-3-6-16-10-9-12-4-5-15(9)7-8(13-10)14-11/h2,4-5,7,14H,1,3,6,11H2. The summed E-state index contributed by atoms with van der Waals surface area (Å²) in [7, 11) is 0. The molecule has 84 valence electrons. The molecule has 3 N–H and O–H groups in total. The lowest BCUT2D eigenvalue weighted by Crippen LogP contribution is -2.11. The minimum absolute atomic E-state index is 0.460. The van der Waals surface area contributed by atoms with Crippen molar-refractivity contribution < 1.29 is 4.74 Å². The van der Waals surface area contributed by atoms with Gasteiger partial charge >= 0.3 is 0 Å². The Labute approximate surface area is 92.7 Å². The van der Waals surface area contributed by atoms with Gasteiger partial charge in [0, 0.05) is 12.4 Å². The molecule has 0 unspecified atom stereocenters. The van der Waals surface area contributed by atoms with Crippen molar-refractivity contribution in [1.29, 1.82) is 0 Å². The Morgan fingerprint density at radius 1 is 1.62 bits per heavy atom. The quantitative estimate of drug-likeness (QED) is 0.339. The molecule has 0 aliphatic rings. The third-order valence-corrected chi connectivity index (χ3v) is 2.05. The number of nitrogens with zero attached hydrogens (tertiary/aromatic N) is 3. The lowest BCUT2D eigenvalue weighted by molar-refractivity contribution is 0.315. The zero-order valence-corrected chi connectivity index (χ0v) is 8.76. The molecule has 2 heterocycles. The van der Waals surface area contributed by atoms with Crippen LogP contribution in [0.5, 0.6) is 5.88 Å². The van der Waals surface area contributed by atoms with Crippen LogP contribution < -0.4 is 16.0 Å². The summed E-state index contributed by atoms with van der Waals surface area (Å²) in [5.74, 6) is 6.30. The second-order valence-electron chi connectivity index (χ2n) is 3.16. The van der Waals surface area contributed by atoms with Crippen LogP contribution in [0.25, 0.3) is 5.65 Å². The Morgan fingerprint density at radius 3 is 3.25 bits per heavy atom. The number of nitrogen functional groups attached to an aromatic ring is 1. The summed E-state index contributed by atoms with van der Waals surface area (Å²) < 4.78 is 7.30. The lowest BCUT2D eigenvalue weighted by atomic mass is 10.4. The molecule has 0 atom stereocenters. The fourth-order valence-corrected chi connectivity index (χ4v) is 1.31. The van der Waals surface area contributed by atoms with E-state index in [9.17, 15) is 0 Å². The van der Waals surface area contributed by atoms with E-state index in [0.29, 0.717) is 24.0 Å². The molecule has 2 aromatic heterocycles. The Hall–Kier alpha value is -2.08. The van der Waals surface area contributed by atoms with Gasteiger partial charge in [0.2, 0.25) is 5.65 Å². The highest BCUT2D eigenvalue weighted by Gasteiger charge is 2.07. The molecule has 6 nitrogen and oxygen atoms in total. The smallest absolute Gasteiger partial charge is 0.260 e. The van der Waals surface area contributed by atoms with Crippen LogP contribution in [-0.4, -0.2) is 21.0 Å². The first kappa shape index (κ1) is 10.4. The third-order valence-electron chi connectivity index (χ3n) is 2.05. The van der Waals surface area contributed by atoms with E-state index in [-0.39, 0.29) is 0 Å². The summed E-state index contributed by atoms with van der Waals surface area (Å²) in [4.78, 5) is 8.34. The van der Waals surface area contributed by atoms with Gasteiger partial charge in [0.15, 0.2) is 5.82 Å². The van der Waals surface area contributed by atoms with Crippen LogP contribution in [0.3, 0.4) is 0 Å². The normalized spacial score (nSPS) is 10.3. The molecule has 2 rings (SSSR count). The van der Waals surface area contributed by atoms with E-state index in [1.807, 2.05) is 0 Å². The molecule has 0 aliphatic carbocycles. The number of aromatic nitrogens is 3. The van der Waals surface area contributed by atoms with Crippen LogP contribution in [0.1, 0.15) is 6.42 Å². The maximum atomic E-state index is 5.50. The molecule has 0 fully saturated rings. The van der Waals surface area contributed by atoms with Gasteiger partial charge in [0.25, 0.3) is 5.88 Å². The highest BCUT2D eigenvalue weighted by Crippen LogP contribution is 2.18. The molecule has 0 saturated heterocycles. The lowest BCUT2D eigenvalue weighted by Gasteiger charge is -2.07. The Bertz CT molecular complexity index is 493. The maximum Gasteiger partial charge on any atom is 0.260 e. The van der Waals surface area contributed by atoms with Gasteiger partial charge in [-0.25, -0.2) is 10.8 Å². The summed E-state index contributed by atoms with van der Waals surface area (Å²) >= 11 is 0. The van der Waals surface area contributed by atoms with Gasteiger partial charge in [0.1, 0.15) is 0 Å². The SMILES string of the molecule is C=CCCOc1nc(NN)cn2ccnc12. The molecule has 0 amide bonds. The van der Waals surface area contributed by atoms with Crippen LogP contribution in [-0.2, 0) is 0 Å². The monoisotopic (exact) mass is 219 g/mol. The van der Waals surface area contributed by atoms with Gasteiger partial charge in [-0.15, -0.1) is 6.58 Å². The van der Waals surface area contributed by atoms with Crippen LogP contribution >= 0.6 is 0 Å². The van der Waals surface area contributed by atoms with Gasteiger partial charge in [-0.2, -0.15) is 4.98 Å².